The van der Waals surface area contributed by atoms with Crippen LogP contribution in [0.25, 0.3) is 0 Å². The van der Waals surface area contributed by atoms with Crippen LogP contribution < -0.4 is 16.4 Å². The highest BCUT2D eigenvalue weighted by atomic mass is 16.2. The van der Waals surface area contributed by atoms with E-state index in [1.807, 2.05) is 0 Å². The minimum atomic E-state index is -0.477. The third-order valence-electron chi connectivity index (χ3n) is 2.70. The molecule has 0 heterocycles. The minimum Gasteiger partial charge on any atom is -0.352 e. The summed E-state index contributed by atoms with van der Waals surface area (Å²) >= 11 is 0. The van der Waals surface area contributed by atoms with Gasteiger partial charge in [0, 0.05) is 19.1 Å². The fraction of sp³-hybridized carbons (Fsp3) is 0.462. The normalized spacial score (nSPS) is 12.1. The van der Waals surface area contributed by atoms with E-state index in [2.05, 4.69) is 48.7 Å². The number of carbonyl (C=O) groups excluding carboxylic acids is 1. The fourth-order valence-electron chi connectivity index (χ4n) is 1.73. The molecule has 0 spiro atoms. The van der Waals surface area contributed by atoms with Crippen LogP contribution >= 0.6 is 0 Å². The molecule has 0 saturated heterocycles. The summed E-state index contributed by atoms with van der Waals surface area (Å²) in [5.74, 6) is 0. The quantitative estimate of drug-likeness (QED) is 0.657. The zero-order chi connectivity index (χ0) is 12.7. The number of nitrogens with one attached hydrogen (secondary N) is 2. The Kier molecular flexibility index (Phi) is 5.49. The average Bonchev–Trinajstić information content (AvgIpc) is 2.30. The van der Waals surface area contributed by atoms with Crippen LogP contribution in [0, 0.1) is 6.92 Å². The lowest BCUT2D eigenvalue weighted by Crippen LogP contribution is -2.36. The van der Waals surface area contributed by atoms with Crippen LogP contribution in [0.5, 0.6) is 0 Å². The molecule has 0 saturated carbocycles. The van der Waals surface area contributed by atoms with Crippen molar-refractivity contribution < 1.29 is 4.79 Å². The van der Waals surface area contributed by atoms with Gasteiger partial charge in [-0.2, -0.15) is 0 Å². The van der Waals surface area contributed by atoms with Crippen LogP contribution in [0.3, 0.4) is 0 Å². The Morgan fingerprint density at radius 1 is 1.29 bits per heavy atom. The molecule has 1 unspecified atom stereocenters. The first kappa shape index (κ1) is 13.5. The Balaban J connectivity index is 2.43. The lowest BCUT2D eigenvalue weighted by Gasteiger charge is -2.17. The van der Waals surface area contributed by atoms with E-state index < -0.39 is 6.03 Å². The monoisotopic (exact) mass is 235 g/mol. The van der Waals surface area contributed by atoms with Crippen molar-refractivity contribution >= 4 is 6.03 Å². The largest absolute Gasteiger partial charge is 0.352 e. The van der Waals surface area contributed by atoms with Crippen LogP contribution in [0.1, 0.15) is 30.5 Å². The molecule has 17 heavy (non-hydrogen) atoms. The van der Waals surface area contributed by atoms with Gasteiger partial charge in [0.1, 0.15) is 0 Å². The Bertz CT molecular complexity index is 348. The summed E-state index contributed by atoms with van der Waals surface area (Å²) in [7, 11) is 0. The van der Waals surface area contributed by atoms with Crippen LogP contribution in [-0.2, 0) is 0 Å². The van der Waals surface area contributed by atoms with E-state index in [-0.39, 0.29) is 0 Å². The highest BCUT2D eigenvalue weighted by Crippen LogP contribution is 2.16. The van der Waals surface area contributed by atoms with Crippen molar-refractivity contribution in [2.24, 2.45) is 5.73 Å². The molecule has 1 rings (SSSR count). The molecule has 0 bridgehead atoms. The van der Waals surface area contributed by atoms with E-state index in [4.69, 9.17) is 5.73 Å². The standard InChI is InChI=1S/C13H21N3O/c1-3-12(15-8-9-16-13(14)17)11-6-4-10(2)5-7-11/h4-7,12,15H,3,8-9H2,1-2H3,(H3,14,16,17). The second kappa shape index (κ2) is 6.91. The number of amides is 2. The van der Waals surface area contributed by atoms with Crippen molar-refractivity contribution in [2.45, 2.75) is 26.3 Å². The molecule has 4 heteroatoms. The summed E-state index contributed by atoms with van der Waals surface area (Å²) in [6, 6.07) is 8.35. The van der Waals surface area contributed by atoms with Crippen molar-refractivity contribution in [3.8, 4) is 0 Å². The van der Waals surface area contributed by atoms with Gasteiger partial charge in [-0.25, -0.2) is 4.79 Å². The average molecular weight is 235 g/mol. The topological polar surface area (TPSA) is 67.2 Å². The summed E-state index contributed by atoms with van der Waals surface area (Å²) in [6.07, 6.45) is 1.01. The second-order valence-electron chi connectivity index (χ2n) is 4.12. The summed E-state index contributed by atoms with van der Waals surface area (Å²) in [5, 5.41) is 5.95. The Hall–Kier alpha value is -1.55. The summed E-state index contributed by atoms with van der Waals surface area (Å²) in [5.41, 5.74) is 7.53. The van der Waals surface area contributed by atoms with Gasteiger partial charge in [0.05, 0.1) is 0 Å². The van der Waals surface area contributed by atoms with Crippen molar-refractivity contribution in [1.29, 1.82) is 0 Å². The second-order valence-corrected chi connectivity index (χ2v) is 4.12. The highest BCUT2D eigenvalue weighted by Gasteiger charge is 2.07. The van der Waals surface area contributed by atoms with Gasteiger partial charge < -0.3 is 16.4 Å². The number of benzene rings is 1. The van der Waals surface area contributed by atoms with Gasteiger partial charge in [-0.05, 0) is 18.9 Å². The molecule has 0 fully saturated rings. The molecule has 0 aliphatic rings. The number of hydrogen-bond acceptors (Lipinski definition) is 2. The number of carbonyl (C=O) groups is 1. The van der Waals surface area contributed by atoms with Crippen molar-refractivity contribution in [3.05, 3.63) is 35.4 Å². The predicted octanol–water partition coefficient (Wildman–Crippen LogP) is 1.70. The first-order chi connectivity index (χ1) is 8.13. The maximum Gasteiger partial charge on any atom is 0.312 e. The molecule has 1 aromatic rings. The molecule has 4 N–H and O–H groups in total. The number of aryl methyl sites for hydroxylation is 1. The molecule has 0 aromatic heterocycles. The first-order valence-corrected chi connectivity index (χ1v) is 5.96. The van der Waals surface area contributed by atoms with E-state index >= 15 is 0 Å². The van der Waals surface area contributed by atoms with E-state index in [1.54, 1.807) is 0 Å². The van der Waals surface area contributed by atoms with E-state index in [9.17, 15) is 4.79 Å². The third-order valence-corrected chi connectivity index (χ3v) is 2.70. The van der Waals surface area contributed by atoms with Gasteiger partial charge in [-0.3, -0.25) is 0 Å². The zero-order valence-corrected chi connectivity index (χ0v) is 10.5. The lowest BCUT2D eigenvalue weighted by molar-refractivity contribution is 0.249. The van der Waals surface area contributed by atoms with Gasteiger partial charge in [0.25, 0.3) is 0 Å². The molecule has 4 nitrogen and oxygen atoms in total. The van der Waals surface area contributed by atoms with Crippen LogP contribution in [0.4, 0.5) is 4.79 Å². The number of rotatable bonds is 6. The van der Waals surface area contributed by atoms with Gasteiger partial charge in [-0.15, -0.1) is 0 Å². The van der Waals surface area contributed by atoms with Crippen molar-refractivity contribution in [2.75, 3.05) is 13.1 Å². The Morgan fingerprint density at radius 2 is 1.94 bits per heavy atom. The third kappa shape index (κ3) is 4.87. The summed E-state index contributed by atoms with van der Waals surface area (Å²) in [6.45, 7) is 5.49. The molecule has 1 atom stereocenters. The number of primary amides is 1. The number of urea groups is 1. The van der Waals surface area contributed by atoms with Crippen molar-refractivity contribution in [1.82, 2.24) is 10.6 Å². The fourth-order valence-corrected chi connectivity index (χ4v) is 1.73. The van der Waals surface area contributed by atoms with E-state index in [0.29, 0.717) is 12.6 Å². The predicted molar refractivity (Wildman–Crippen MR) is 69.8 cm³/mol. The van der Waals surface area contributed by atoms with Crippen LogP contribution in [-0.4, -0.2) is 19.1 Å². The summed E-state index contributed by atoms with van der Waals surface area (Å²) in [4.78, 5) is 10.5. The Labute approximate surface area is 103 Å². The molecule has 1 aromatic carbocycles. The molecular weight excluding hydrogens is 214 g/mol. The molecule has 0 aliphatic heterocycles. The maximum atomic E-state index is 10.5. The van der Waals surface area contributed by atoms with Gasteiger partial charge in [0.2, 0.25) is 0 Å². The minimum absolute atomic E-state index is 0.324. The molecule has 0 aliphatic carbocycles. The molecule has 0 radical (unpaired) electrons. The van der Waals surface area contributed by atoms with E-state index in [0.717, 1.165) is 13.0 Å². The number of nitrogens with two attached hydrogens (primary N) is 1. The van der Waals surface area contributed by atoms with Crippen molar-refractivity contribution in [3.63, 3.8) is 0 Å². The lowest BCUT2D eigenvalue weighted by atomic mass is 10.0. The number of hydrogen-bond donors (Lipinski definition) is 3. The SMILES string of the molecule is CCC(NCCNC(N)=O)c1ccc(C)cc1. The van der Waals surface area contributed by atoms with Gasteiger partial charge in [-0.1, -0.05) is 36.8 Å². The van der Waals surface area contributed by atoms with Crippen LogP contribution in [0.2, 0.25) is 0 Å². The molecule has 2 amide bonds. The summed E-state index contributed by atoms with van der Waals surface area (Å²) < 4.78 is 0. The van der Waals surface area contributed by atoms with Gasteiger partial charge >= 0.3 is 6.03 Å². The Morgan fingerprint density at radius 3 is 2.47 bits per heavy atom. The first-order valence-electron chi connectivity index (χ1n) is 5.96. The molecular formula is C13H21N3O. The maximum absolute atomic E-state index is 10.5. The van der Waals surface area contributed by atoms with Gasteiger partial charge in [0.15, 0.2) is 0 Å². The smallest absolute Gasteiger partial charge is 0.312 e. The zero-order valence-electron chi connectivity index (χ0n) is 10.5. The molecule has 94 valence electrons. The van der Waals surface area contributed by atoms with Crippen LogP contribution in [0.15, 0.2) is 24.3 Å². The highest BCUT2D eigenvalue weighted by molar-refractivity contribution is 5.71. The van der Waals surface area contributed by atoms with E-state index in [1.165, 1.54) is 11.1 Å².